The molecule has 0 radical (unpaired) electrons. The fourth-order valence-electron chi connectivity index (χ4n) is 2.25. The average Bonchev–Trinajstić information content (AvgIpc) is 2.51. The molecular weight excluding hydrogens is 301 g/mol. The first-order valence-corrected chi connectivity index (χ1v) is 6.82. The molecule has 0 fully saturated rings. The number of hydrogen-bond donors (Lipinski definition) is 2. The van der Waals surface area contributed by atoms with Crippen LogP contribution in [0.15, 0.2) is 58.1 Å². The molecule has 1 heterocycles. The Labute approximate surface area is 129 Å². The van der Waals surface area contributed by atoms with Gasteiger partial charge in [-0.1, -0.05) is 18.2 Å². The summed E-state index contributed by atoms with van der Waals surface area (Å²) < 4.78 is 13.9. The first-order chi connectivity index (χ1) is 11.0. The molecule has 7 heteroatoms. The summed E-state index contributed by atoms with van der Waals surface area (Å²) in [5, 5.41) is 2.75. The Bertz CT molecular complexity index is 1010. The topological polar surface area (TPSA) is 84.0 Å². The largest absolute Gasteiger partial charge is 0.329 e. The summed E-state index contributed by atoms with van der Waals surface area (Å²) in [5.74, 6) is -1.10. The van der Waals surface area contributed by atoms with Crippen LogP contribution in [0.1, 0.15) is 0 Å². The van der Waals surface area contributed by atoms with E-state index in [2.05, 4.69) is 10.3 Å². The van der Waals surface area contributed by atoms with Gasteiger partial charge >= 0.3 is 5.69 Å². The van der Waals surface area contributed by atoms with E-state index in [1.807, 2.05) is 0 Å². The zero-order chi connectivity index (χ0) is 16.4. The second kappa shape index (κ2) is 5.88. The van der Waals surface area contributed by atoms with Gasteiger partial charge in [-0.25, -0.2) is 9.18 Å². The van der Waals surface area contributed by atoms with Gasteiger partial charge in [-0.15, -0.1) is 0 Å². The molecule has 0 bridgehead atoms. The molecule has 2 aromatic carbocycles. The first-order valence-electron chi connectivity index (χ1n) is 6.82. The molecule has 0 aliphatic heterocycles. The summed E-state index contributed by atoms with van der Waals surface area (Å²) in [4.78, 5) is 38.8. The van der Waals surface area contributed by atoms with E-state index in [1.165, 1.54) is 18.2 Å². The predicted octanol–water partition coefficient (Wildman–Crippen LogP) is 1.47. The van der Waals surface area contributed by atoms with Crippen LogP contribution in [0, 0.1) is 5.82 Å². The zero-order valence-electron chi connectivity index (χ0n) is 11.9. The lowest BCUT2D eigenvalue weighted by Gasteiger charge is -2.08. The van der Waals surface area contributed by atoms with E-state index in [1.54, 1.807) is 24.3 Å². The van der Waals surface area contributed by atoms with Crippen LogP contribution in [0.2, 0.25) is 0 Å². The Balaban J connectivity index is 1.91. The van der Waals surface area contributed by atoms with Crippen LogP contribution in [0.25, 0.3) is 10.9 Å². The highest BCUT2D eigenvalue weighted by atomic mass is 19.1. The molecule has 0 atom stereocenters. The van der Waals surface area contributed by atoms with Crippen molar-refractivity contribution < 1.29 is 9.18 Å². The van der Waals surface area contributed by atoms with Crippen LogP contribution in [-0.4, -0.2) is 15.5 Å². The lowest BCUT2D eigenvalue weighted by atomic mass is 10.2. The van der Waals surface area contributed by atoms with Crippen LogP contribution in [0.3, 0.4) is 0 Å². The minimum absolute atomic E-state index is 0.250. The second-order valence-electron chi connectivity index (χ2n) is 4.93. The zero-order valence-corrected chi connectivity index (χ0v) is 11.9. The van der Waals surface area contributed by atoms with Gasteiger partial charge in [-0.05, 0) is 30.3 Å². The molecule has 0 spiro atoms. The number of nitrogens with one attached hydrogen (secondary N) is 2. The van der Waals surface area contributed by atoms with Crippen LogP contribution in [-0.2, 0) is 11.3 Å². The van der Waals surface area contributed by atoms with Crippen LogP contribution in [0.4, 0.5) is 10.1 Å². The molecule has 23 heavy (non-hydrogen) atoms. The maximum absolute atomic E-state index is 13.1. The normalized spacial score (nSPS) is 10.7. The Kier molecular flexibility index (Phi) is 3.76. The molecule has 1 amide bonds. The average molecular weight is 313 g/mol. The van der Waals surface area contributed by atoms with E-state index < -0.39 is 29.5 Å². The molecule has 116 valence electrons. The van der Waals surface area contributed by atoms with Crippen LogP contribution in [0.5, 0.6) is 0 Å². The van der Waals surface area contributed by atoms with Crippen molar-refractivity contribution in [1.82, 2.24) is 9.55 Å². The molecule has 3 rings (SSSR count). The molecule has 2 N–H and O–H groups in total. The Morgan fingerprint density at radius 2 is 1.91 bits per heavy atom. The SMILES string of the molecule is O=C(Cn1c(=O)[nH]c2ccccc2c1=O)Nc1cccc(F)c1. The maximum atomic E-state index is 13.1. The van der Waals surface area contributed by atoms with E-state index >= 15 is 0 Å². The minimum atomic E-state index is -0.678. The summed E-state index contributed by atoms with van der Waals surface area (Å²) in [5.41, 5.74) is -0.577. The van der Waals surface area contributed by atoms with Crippen LogP contribution < -0.4 is 16.6 Å². The third-order valence-electron chi connectivity index (χ3n) is 3.30. The van der Waals surface area contributed by atoms with Crippen molar-refractivity contribution in [2.45, 2.75) is 6.54 Å². The summed E-state index contributed by atoms with van der Waals surface area (Å²) in [6.07, 6.45) is 0. The smallest absolute Gasteiger partial charge is 0.324 e. The molecule has 0 saturated carbocycles. The van der Waals surface area contributed by atoms with Crippen molar-refractivity contribution in [1.29, 1.82) is 0 Å². The van der Waals surface area contributed by atoms with Crippen LogP contribution >= 0.6 is 0 Å². The second-order valence-corrected chi connectivity index (χ2v) is 4.93. The fourth-order valence-corrected chi connectivity index (χ4v) is 2.25. The number of nitrogens with zero attached hydrogens (tertiary/aromatic N) is 1. The van der Waals surface area contributed by atoms with E-state index in [9.17, 15) is 18.8 Å². The number of para-hydroxylation sites is 1. The summed E-state index contributed by atoms with van der Waals surface area (Å²) >= 11 is 0. The van der Waals surface area contributed by atoms with Gasteiger partial charge in [0.2, 0.25) is 5.91 Å². The number of rotatable bonds is 3. The molecule has 0 saturated heterocycles. The van der Waals surface area contributed by atoms with E-state index in [0.717, 1.165) is 10.6 Å². The highest BCUT2D eigenvalue weighted by Gasteiger charge is 2.11. The van der Waals surface area contributed by atoms with E-state index in [4.69, 9.17) is 0 Å². The molecule has 0 unspecified atom stereocenters. The number of benzene rings is 2. The number of carbonyl (C=O) groups excluding carboxylic acids is 1. The number of fused-ring (bicyclic) bond motifs is 1. The monoisotopic (exact) mass is 313 g/mol. The van der Waals surface area contributed by atoms with Gasteiger partial charge < -0.3 is 10.3 Å². The Morgan fingerprint density at radius 3 is 2.70 bits per heavy atom. The summed E-state index contributed by atoms with van der Waals surface area (Å²) in [7, 11) is 0. The highest BCUT2D eigenvalue weighted by Crippen LogP contribution is 2.09. The third kappa shape index (κ3) is 3.03. The molecule has 0 aliphatic rings. The first kappa shape index (κ1) is 14.7. The standard InChI is InChI=1S/C16H12FN3O3/c17-10-4-3-5-11(8-10)18-14(21)9-20-15(22)12-6-1-2-7-13(12)19-16(20)23/h1-8H,9H2,(H,18,21)(H,19,23). The fraction of sp³-hybridized carbons (Fsp3) is 0.0625. The number of amides is 1. The van der Waals surface area contributed by atoms with E-state index in [-0.39, 0.29) is 5.69 Å². The van der Waals surface area contributed by atoms with Crippen molar-refractivity contribution in [3.05, 3.63) is 75.2 Å². The summed E-state index contributed by atoms with van der Waals surface area (Å²) in [6, 6.07) is 11.9. The third-order valence-corrected chi connectivity index (χ3v) is 3.30. The number of anilines is 1. The van der Waals surface area contributed by atoms with Gasteiger partial charge in [-0.2, -0.15) is 0 Å². The van der Waals surface area contributed by atoms with Gasteiger partial charge in [0.25, 0.3) is 5.56 Å². The summed E-state index contributed by atoms with van der Waals surface area (Å²) in [6.45, 7) is -0.463. The number of hydrogen-bond acceptors (Lipinski definition) is 3. The van der Waals surface area contributed by atoms with Crippen molar-refractivity contribution in [2.75, 3.05) is 5.32 Å². The highest BCUT2D eigenvalue weighted by molar-refractivity contribution is 5.90. The molecular formula is C16H12FN3O3. The Hall–Kier alpha value is -3.22. The van der Waals surface area contributed by atoms with Gasteiger partial charge in [-0.3, -0.25) is 14.2 Å². The number of aromatic amines is 1. The maximum Gasteiger partial charge on any atom is 0.329 e. The number of halogens is 1. The van der Waals surface area contributed by atoms with Crippen molar-refractivity contribution in [3.8, 4) is 0 Å². The quantitative estimate of drug-likeness (QED) is 0.768. The van der Waals surface area contributed by atoms with Crippen molar-refractivity contribution in [2.24, 2.45) is 0 Å². The van der Waals surface area contributed by atoms with E-state index in [0.29, 0.717) is 10.9 Å². The molecule has 3 aromatic rings. The molecule has 1 aromatic heterocycles. The van der Waals surface area contributed by atoms with Gasteiger partial charge in [0.15, 0.2) is 0 Å². The minimum Gasteiger partial charge on any atom is -0.324 e. The van der Waals surface area contributed by atoms with Gasteiger partial charge in [0, 0.05) is 5.69 Å². The lowest BCUT2D eigenvalue weighted by Crippen LogP contribution is -2.38. The number of aromatic nitrogens is 2. The number of H-pyrrole nitrogens is 1. The van der Waals surface area contributed by atoms with Crippen molar-refractivity contribution in [3.63, 3.8) is 0 Å². The molecule has 0 aliphatic carbocycles. The van der Waals surface area contributed by atoms with Gasteiger partial charge in [0.1, 0.15) is 12.4 Å². The molecule has 6 nitrogen and oxygen atoms in total. The lowest BCUT2D eigenvalue weighted by molar-refractivity contribution is -0.116. The van der Waals surface area contributed by atoms with Crippen molar-refractivity contribution >= 4 is 22.5 Å². The predicted molar refractivity (Wildman–Crippen MR) is 83.9 cm³/mol. The Morgan fingerprint density at radius 1 is 1.13 bits per heavy atom. The van der Waals surface area contributed by atoms with Gasteiger partial charge in [0.05, 0.1) is 10.9 Å². The number of carbonyl (C=O) groups is 1.